The zero-order valence-corrected chi connectivity index (χ0v) is 11.9. The van der Waals surface area contributed by atoms with Crippen molar-refractivity contribution in [1.82, 2.24) is 0 Å². The van der Waals surface area contributed by atoms with Gasteiger partial charge < -0.3 is 16.2 Å². The van der Waals surface area contributed by atoms with Crippen molar-refractivity contribution in [3.05, 3.63) is 29.8 Å². The van der Waals surface area contributed by atoms with Crippen LogP contribution in [-0.2, 0) is 16.0 Å². The largest absolute Gasteiger partial charge is 0.481 e. The van der Waals surface area contributed by atoms with E-state index in [4.69, 9.17) is 10.8 Å². The molecule has 0 fully saturated rings. The molecule has 1 atom stereocenters. The first-order valence-electron chi connectivity index (χ1n) is 6.75. The highest BCUT2D eigenvalue weighted by atomic mass is 16.4. The summed E-state index contributed by atoms with van der Waals surface area (Å²) in [6.07, 6.45) is 1.23. The maximum atomic E-state index is 11.8. The Labute approximate surface area is 119 Å². The maximum absolute atomic E-state index is 11.8. The average Bonchev–Trinajstić information content (AvgIpc) is 2.37. The SMILES string of the molecule is CC(C)C[C@H](N)C(=O)Nc1ccc(CCC(=O)O)cc1. The van der Waals surface area contributed by atoms with Gasteiger partial charge in [-0.3, -0.25) is 9.59 Å². The van der Waals surface area contributed by atoms with Gasteiger partial charge in [-0.05, 0) is 36.5 Å². The molecule has 0 bridgehead atoms. The zero-order chi connectivity index (χ0) is 15.1. The number of benzene rings is 1. The normalized spacial score (nSPS) is 12.2. The minimum absolute atomic E-state index is 0.102. The van der Waals surface area contributed by atoms with Gasteiger partial charge in [0.25, 0.3) is 0 Å². The minimum Gasteiger partial charge on any atom is -0.481 e. The molecule has 1 rings (SSSR count). The summed E-state index contributed by atoms with van der Waals surface area (Å²) in [6.45, 7) is 4.04. The van der Waals surface area contributed by atoms with Crippen LogP contribution in [0.3, 0.4) is 0 Å². The van der Waals surface area contributed by atoms with E-state index in [1.54, 1.807) is 12.1 Å². The van der Waals surface area contributed by atoms with Crippen LogP contribution >= 0.6 is 0 Å². The van der Waals surface area contributed by atoms with Gasteiger partial charge in [-0.15, -0.1) is 0 Å². The fraction of sp³-hybridized carbons (Fsp3) is 0.467. The Morgan fingerprint density at radius 2 is 1.85 bits per heavy atom. The smallest absolute Gasteiger partial charge is 0.303 e. The summed E-state index contributed by atoms with van der Waals surface area (Å²) in [5.41, 5.74) is 7.40. The first kappa shape index (κ1) is 16.2. The molecule has 110 valence electrons. The van der Waals surface area contributed by atoms with E-state index in [0.717, 1.165) is 5.56 Å². The monoisotopic (exact) mass is 278 g/mol. The van der Waals surface area contributed by atoms with Gasteiger partial charge in [-0.25, -0.2) is 0 Å². The maximum Gasteiger partial charge on any atom is 0.303 e. The topological polar surface area (TPSA) is 92.4 Å². The third-order valence-corrected chi connectivity index (χ3v) is 2.91. The Kier molecular flexibility index (Phi) is 6.18. The van der Waals surface area contributed by atoms with E-state index in [9.17, 15) is 9.59 Å². The number of aryl methyl sites for hydroxylation is 1. The lowest BCUT2D eigenvalue weighted by atomic mass is 10.0. The van der Waals surface area contributed by atoms with Crippen LogP contribution < -0.4 is 11.1 Å². The Morgan fingerprint density at radius 3 is 2.35 bits per heavy atom. The van der Waals surface area contributed by atoms with Crippen LogP contribution in [0.2, 0.25) is 0 Å². The lowest BCUT2D eigenvalue weighted by molar-refractivity contribution is -0.137. The highest BCUT2D eigenvalue weighted by molar-refractivity contribution is 5.94. The molecule has 1 aromatic carbocycles. The van der Waals surface area contributed by atoms with E-state index in [-0.39, 0.29) is 12.3 Å². The van der Waals surface area contributed by atoms with Gasteiger partial charge >= 0.3 is 5.97 Å². The van der Waals surface area contributed by atoms with Crippen LogP contribution in [0.4, 0.5) is 5.69 Å². The number of anilines is 1. The van der Waals surface area contributed by atoms with E-state index in [2.05, 4.69) is 5.32 Å². The number of hydrogen-bond acceptors (Lipinski definition) is 3. The van der Waals surface area contributed by atoms with Crippen LogP contribution in [0.5, 0.6) is 0 Å². The summed E-state index contributed by atoms with van der Waals surface area (Å²) in [5.74, 6) is -0.645. The number of aliphatic carboxylic acids is 1. The summed E-state index contributed by atoms with van der Waals surface area (Å²) in [4.78, 5) is 22.3. The number of hydrogen-bond donors (Lipinski definition) is 3. The third-order valence-electron chi connectivity index (χ3n) is 2.91. The number of nitrogens with two attached hydrogens (primary N) is 1. The molecule has 5 nitrogen and oxygen atoms in total. The number of carbonyl (C=O) groups excluding carboxylic acids is 1. The van der Waals surface area contributed by atoms with E-state index in [1.807, 2.05) is 26.0 Å². The molecule has 0 aliphatic heterocycles. The molecule has 0 radical (unpaired) electrons. The number of amides is 1. The molecule has 1 aromatic rings. The molecule has 0 heterocycles. The summed E-state index contributed by atoms with van der Waals surface area (Å²) in [5, 5.41) is 11.4. The number of carboxylic acid groups (broad SMARTS) is 1. The highest BCUT2D eigenvalue weighted by Gasteiger charge is 2.14. The minimum atomic E-state index is -0.818. The third kappa shape index (κ3) is 5.84. The predicted molar refractivity (Wildman–Crippen MR) is 78.5 cm³/mol. The second kappa shape index (κ2) is 7.65. The highest BCUT2D eigenvalue weighted by Crippen LogP contribution is 2.12. The molecular weight excluding hydrogens is 256 g/mol. The molecule has 4 N–H and O–H groups in total. The molecule has 0 saturated heterocycles. The molecule has 0 saturated carbocycles. The van der Waals surface area contributed by atoms with Gasteiger partial charge in [0.2, 0.25) is 5.91 Å². The van der Waals surface area contributed by atoms with Gasteiger partial charge in [-0.1, -0.05) is 26.0 Å². The van der Waals surface area contributed by atoms with Crippen molar-refractivity contribution in [2.45, 2.75) is 39.2 Å². The van der Waals surface area contributed by atoms with Crippen LogP contribution in [0.1, 0.15) is 32.3 Å². The number of rotatable bonds is 7. The van der Waals surface area contributed by atoms with Crippen LogP contribution in [0.25, 0.3) is 0 Å². The van der Waals surface area contributed by atoms with Gasteiger partial charge in [0.1, 0.15) is 0 Å². The Bertz CT molecular complexity index is 455. The van der Waals surface area contributed by atoms with E-state index >= 15 is 0 Å². The Balaban J connectivity index is 2.52. The first-order valence-corrected chi connectivity index (χ1v) is 6.75. The molecular formula is C15H22N2O3. The number of nitrogens with one attached hydrogen (secondary N) is 1. The van der Waals surface area contributed by atoms with Crippen LogP contribution in [0.15, 0.2) is 24.3 Å². The lowest BCUT2D eigenvalue weighted by Crippen LogP contribution is -2.36. The molecule has 0 aromatic heterocycles. The molecule has 20 heavy (non-hydrogen) atoms. The van der Waals surface area contributed by atoms with Crippen molar-refractivity contribution in [2.24, 2.45) is 11.7 Å². The van der Waals surface area contributed by atoms with Crippen LogP contribution in [0, 0.1) is 5.92 Å². The van der Waals surface area contributed by atoms with E-state index in [1.165, 1.54) is 0 Å². The Hall–Kier alpha value is -1.88. The van der Waals surface area contributed by atoms with Crippen molar-refractivity contribution in [1.29, 1.82) is 0 Å². The molecule has 5 heteroatoms. The summed E-state index contributed by atoms with van der Waals surface area (Å²) < 4.78 is 0. The predicted octanol–water partition coefficient (Wildman–Crippen LogP) is 2.02. The van der Waals surface area contributed by atoms with Crippen LogP contribution in [-0.4, -0.2) is 23.0 Å². The fourth-order valence-electron chi connectivity index (χ4n) is 1.86. The van der Waals surface area contributed by atoms with Gasteiger partial charge in [0, 0.05) is 12.1 Å². The van der Waals surface area contributed by atoms with Crippen molar-refractivity contribution in [3.8, 4) is 0 Å². The number of carbonyl (C=O) groups is 2. The van der Waals surface area contributed by atoms with Crippen molar-refractivity contribution in [2.75, 3.05) is 5.32 Å². The summed E-state index contributed by atoms with van der Waals surface area (Å²) >= 11 is 0. The summed E-state index contributed by atoms with van der Waals surface area (Å²) in [6, 6.07) is 6.63. The fourth-order valence-corrected chi connectivity index (χ4v) is 1.86. The molecule has 0 aliphatic rings. The zero-order valence-electron chi connectivity index (χ0n) is 11.9. The van der Waals surface area contributed by atoms with Gasteiger partial charge in [-0.2, -0.15) is 0 Å². The van der Waals surface area contributed by atoms with E-state index < -0.39 is 12.0 Å². The second-order valence-corrected chi connectivity index (χ2v) is 5.32. The van der Waals surface area contributed by atoms with Crippen molar-refractivity contribution < 1.29 is 14.7 Å². The standard InChI is InChI=1S/C15H22N2O3/c1-10(2)9-13(16)15(20)17-12-6-3-11(4-7-12)5-8-14(18)19/h3-4,6-7,10,13H,5,8-9,16H2,1-2H3,(H,17,20)(H,18,19)/t13-/m0/s1. The lowest BCUT2D eigenvalue weighted by Gasteiger charge is -2.14. The average molecular weight is 278 g/mol. The molecule has 0 spiro atoms. The van der Waals surface area contributed by atoms with Gasteiger partial charge in [0.15, 0.2) is 0 Å². The second-order valence-electron chi connectivity index (χ2n) is 5.32. The van der Waals surface area contributed by atoms with E-state index in [0.29, 0.717) is 24.4 Å². The quantitative estimate of drug-likeness (QED) is 0.711. The van der Waals surface area contributed by atoms with Crippen molar-refractivity contribution >= 4 is 17.6 Å². The van der Waals surface area contributed by atoms with Crippen molar-refractivity contribution in [3.63, 3.8) is 0 Å². The first-order chi connectivity index (χ1) is 9.38. The van der Waals surface area contributed by atoms with Gasteiger partial charge in [0.05, 0.1) is 6.04 Å². The molecule has 1 amide bonds. The Morgan fingerprint density at radius 1 is 1.25 bits per heavy atom. The summed E-state index contributed by atoms with van der Waals surface area (Å²) in [7, 11) is 0. The number of carboxylic acids is 1. The molecule has 0 unspecified atom stereocenters. The molecule has 0 aliphatic carbocycles.